The normalized spacial score (nSPS) is 12.0. The monoisotopic (exact) mass is 480 g/mol. The lowest BCUT2D eigenvalue weighted by Gasteiger charge is -2.09. The van der Waals surface area contributed by atoms with Gasteiger partial charge in [-0.2, -0.15) is 0 Å². The summed E-state index contributed by atoms with van der Waals surface area (Å²) in [6.07, 6.45) is 1.53. The number of nitrogens with zero attached hydrogens (tertiary/aromatic N) is 1. The second kappa shape index (κ2) is 9.01. The van der Waals surface area contributed by atoms with E-state index in [0.717, 1.165) is 5.56 Å². The second-order valence-electron chi connectivity index (χ2n) is 7.41. The van der Waals surface area contributed by atoms with Crippen molar-refractivity contribution >= 4 is 45.8 Å². The first-order valence-electron chi connectivity index (χ1n) is 9.95. The van der Waals surface area contributed by atoms with Crippen LogP contribution in [0.4, 0.5) is 11.4 Å². The Morgan fingerprint density at radius 2 is 1.70 bits per heavy atom. The summed E-state index contributed by atoms with van der Waals surface area (Å²) < 4.78 is 29.2. The standard InChI is InChI=1S/C24H21ClN4O3S/c1-16-4-3-5-20(14-16)28-33(31,32)22-12-8-19(9-13-22)26-15-23-17(2)27-29(24(23)30)21-10-6-18(25)7-11-21/h3-15,26-28H,2H2,1H3. The van der Waals surface area contributed by atoms with Crippen LogP contribution >= 0.6 is 11.6 Å². The number of aromatic nitrogens is 2. The largest absolute Gasteiger partial charge is 0.361 e. The van der Waals surface area contributed by atoms with E-state index in [1.54, 1.807) is 54.6 Å². The quantitative estimate of drug-likeness (QED) is 0.395. The van der Waals surface area contributed by atoms with E-state index < -0.39 is 10.0 Å². The van der Waals surface area contributed by atoms with Crippen LogP contribution < -0.4 is 26.2 Å². The van der Waals surface area contributed by atoms with Gasteiger partial charge in [0.25, 0.3) is 15.6 Å². The minimum atomic E-state index is -3.72. The van der Waals surface area contributed by atoms with Crippen LogP contribution in [0.5, 0.6) is 0 Å². The van der Waals surface area contributed by atoms with E-state index in [9.17, 15) is 13.2 Å². The lowest BCUT2D eigenvalue weighted by Crippen LogP contribution is -2.34. The van der Waals surface area contributed by atoms with Crippen LogP contribution in [-0.2, 0) is 10.0 Å². The minimum absolute atomic E-state index is 0.124. The molecule has 0 fully saturated rings. The van der Waals surface area contributed by atoms with Crippen molar-refractivity contribution in [2.45, 2.75) is 11.8 Å². The van der Waals surface area contributed by atoms with Gasteiger partial charge in [-0.3, -0.25) is 14.6 Å². The van der Waals surface area contributed by atoms with E-state index in [2.05, 4.69) is 21.7 Å². The van der Waals surface area contributed by atoms with Gasteiger partial charge in [0, 0.05) is 22.6 Å². The molecule has 0 spiro atoms. The highest BCUT2D eigenvalue weighted by atomic mass is 35.5. The summed E-state index contributed by atoms with van der Waals surface area (Å²) in [4.78, 5) is 12.9. The topological polar surface area (TPSA) is 96.0 Å². The maximum Gasteiger partial charge on any atom is 0.280 e. The molecular formula is C24H21ClN4O3S. The molecule has 0 saturated heterocycles. The van der Waals surface area contributed by atoms with Crippen LogP contribution in [0.3, 0.4) is 0 Å². The molecule has 9 heteroatoms. The Hall–Kier alpha value is -3.75. The molecule has 0 radical (unpaired) electrons. The zero-order valence-electron chi connectivity index (χ0n) is 17.7. The molecule has 168 valence electrons. The van der Waals surface area contributed by atoms with Crippen molar-refractivity contribution in [3.05, 3.63) is 104 Å². The molecule has 1 heterocycles. The number of hydrogen-bond donors (Lipinski definition) is 3. The molecule has 0 unspecified atom stereocenters. The molecule has 4 rings (SSSR count). The molecule has 0 aliphatic rings. The lowest BCUT2D eigenvalue weighted by atomic mass is 10.2. The summed E-state index contributed by atoms with van der Waals surface area (Å²) in [5.41, 5.74) is 2.41. The van der Waals surface area contributed by atoms with Crippen LogP contribution in [-0.4, -0.2) is 18.2 Å². The number of nitrogens with one attached hydrogen (secondary N) is 3. The predicted molar refractivity (Wildman–Crippen MR) is 133 cm³/mol. The number of aromatic amines is 1. The highest BCUT2D eigenvalue weighted by molar-refractivity contribution is 7.92. The number of hydrogen-bond acceptors (Lipinski definition) is 4. The summed E-state index contributed by atoms with van der Waals surface area (Å²) in [5, 5.41) is 7.30. The summed E-state index contributed by atoms with van der Waals surface area (Å²) >= 11 is 5.91. The molecule has 0 aliphatic carbocycles. The molecular weight excluding hydrogens is 460 g/mol. The fourth-order valence-electron chi connectivity index (χ4n) is 3.22. The fourth-order valence-corrected chi connectivity index (χ4v) is 4.40. The van der Waals surface area contributed by atoms with Gasteiger partial charge >= 0.3 is 0 Å². The molecule has 4 aromatic rings. The average molecular weight is 481 g/mol. The Labute approximate surface area is 195 Å². The van der Waals surface area contributed by atoms with E-state index in [0.29, 0.717) is 32.7 Å². The van der Waals surface area contributed by atoms with Crippen molar-refractivity contribution in [1.29, 1.82) is 0 Å². The number of halogens is 1. The predicted octanol–water partition coefficient (Wildman–Crippen LogP) is 3.19. The summed E-state index contributed by atoms with van der Waals surface area (Å²) in [7, 11) is -3.72. The maximum atomic E-state index is 12.8. The molecule has 33 heavy (non-hydrogen) atoms. The third-order valence-electron chi connectivity index (χ3n) is 4.91. The lowest BCUT2D eigenvalue weighted by molar-refractivity contribution is 0.601. The van der Waals surface area contributed by atoms with Crippen molar-refractivity contribution in [1.82, 2.24) is 9.78 Å². The number of sulfonamides is 1. The van der Waals surface area contributed by atoms with Crippen molar-refractivity contribution in [2.24, 2.45) is 0 Å². The van der Waals surface area contributed by atoms with Gasteiger partial charge in [-0.05, 0) is 73.2 Å². The summed E-state index contributed by atoms with van der Waals surface area (Å²) in [6, 6.07) is 20.2. The van der Waals surface area contributed by atoms with E-state index in [1.807, 2.05) is 13.0 Å². The Kier molecular flexibility index (Phi) is 6.13. The van der Waals surface area contributed by atoms with Gasteiger partial charge in [-0.15, -0.1) is 0 Å². The molecule has 3 N–H and O–H groups in total. The smallest absolute Gasteiger partial charge is 0.280 e. The third kappa shape index (κ3) is 5.02. The Bertz CT molecular complexity index is 1570. The van der Waals surface area contributed by atoms with E-state index in [4.69, 9.17) is 11.6 Å². The molecule has 0 atom stereocenters. The first kappa shape index (κ1) is 22.4. The van der Waals surface area contributed by atoms with Gasteiger partial charge in [0.05, 0.1) is 21.2 Å². The van der Waals surface area contributed by atoms with Gasteiger partial charge in [0.2, 0.25) is 0 Å². The van der Waals surface area contributed by atoms with Gasteiger partial charge in [-0.25, -0.2) is 13.1 Å². The average Bonchev–Trinajstić information content (AvgIpc) is 3.06. The molecule has 0 aliphatic heterocycles. The molecule has 0 amide bonds. The summed E-state index contributed by atoms with van der Waals surface area (Å²) in [6.45, 7) is 5.78. The minimum Gasteiger partial charge on any atom is -0.361 e. The van der Waals surface area contributed by atoms with Crippen LogP contribution in [0.2, 0.25) is 5.02 Å². The Balaban J connectivity index is 1.55. The van der Waals surface area contributed by atoms with E-state index in [-0.39, 0.29) is 10.5 Å². The van der Waals surface area contributed by atoms with Crippen LogP contribution in [0, 0.1) is 6.92 Å². The van der Waals surface area contributed by atoms with Gasteiger partial charge in [0.1, 0.15) is 0 Å². The highest BCUT2D eigenvalue weighted by Crippen LogP contribution is 2.19. The first-order chi connectivity index (χ1) is 15.7. The van der Waals surface area contributed by atoms with Crippen LogP contribution in [0.15, 0.2) is 82.5 Å². The fraction of sp³-hybridized carbons (Fsp3) is 0.0417. The third-order valence-corrected chi connectivity index (χ3v) is 6.56. The van der Waals surface area contributed by atoms with Crippen molar-refractivity contribution in [3.63, 3.8) is 0 Å². The van der Waals surface area contributed by atoms with Crippen LogP contribution in [0.25, 0.3) is 18.5 Å². The van der Waals surface area contributed by atoms with Gasteiger partial charge in [-0.1, -0.05) is 30.3 Å². The highest BCUT2D eigenvalue weighted by Gasteiger charge is 2.14. The van der Waals surface area contributed by atoms with Gasteiger partial charge in [0.15, 0.2) is 0 Å². The SMILES string of the molecule is C=c1[nH]n(-c2ccc(Cl)cc2)c(=O)c1=CNc1ccc(S(=O)(=O)Nc2cccc(C)c2)cc1. The maximum absolute atomic E-state index is 12.8. The van der Waals surface area contributed by atoms with Crippen molar-refractivity contribution in [3.8, 4) is 5.69 Å². The Morgan fingerprint density at radius 1 is 1.00 bits per heavy atom. The van der Waals surface area contributed by atoms with Crippen LogP contribution in [0.1, 0.15) is 5.56 Å². The zero-order valence-corrected chi connectivity index (χ0v) is 19.2. The number of benzene rings is 3. The van der Waals surface area contributed by atoms with Crippen molar-refractivity contribution < 1.29 is 8.42 Å². The number of H-pyrrole nitrogens is 1. The van der Waals surface area contributed by atoms with Crippen molar-refractivity contribution in [2.75, 3.05) is 10.0 Å². The van der Waals surface area contributed by atoms with E-state index >= 15 is 0 Å². The van der Waals surface area contributed by atoms with Gasteiger partial charge < -0.3 is 5.32 Å². The zero-order chi connectivity index (χ0) is 23.6. The molecule has 3 aromatic carbocycles. The molecule has 0 bridgehead atoms. The molecule has 1 aromatic heterocycles. The number of rotatable bonds is 6. The Morgan fingerprint density at radius 3 is 2.36 bits per heavy atom. The summed E-state index contributed by atoms with van der Waals surface area (Å²) in [5.74, 6) is 0. The molecule has 7 nitrogen and oxygen atoms in total. The second-order valence-corrected chi connectivity index (χ2v) is 9.53. The first-order valence-corrected chi connectivity index (χ1v) is 11.8. The number of aryl methyl sites for hydroxylation is 1. The van der Waals surface area contributed by atoms with E-state index in [1.165, 1.54) is 23.0 Å². The number of anilines is 2. The molecule has 0 saturated carbocycles.